The molecule has 1 saturated heterocycles. The molecule has 3 nitrogen and oxygen atoms in total. The van der Waals surface area contributed by atoms with Gasteiger partial charge in [-0.2, -0.15) is 0 Å². The number of aliphatic hydroxyl groups excluding tert-OH is 1. The number of halogens is 2. The van der Waals surface area contributed by atoms with Gasteiger partial charge in [0.1, 0.15) is 5.82 Å². The van der Waals surface area contributed by atoms with E-state index < -0.39 is 0 Å². The normalized spacial score (nSPS) is 19.3. The zero-order valence-corrected chi connectivity index (χ0v) is 11.8. The Morgan fingerprint density at radius 2 is 2.28 bits per heavy atom. The van der Waals surface area contributed by atoms with E-state index >= 15 is 0 Å². The molecular formula is C13H17BrFNO2. The van der Waals surface area contributed by atoms with Crippen LogP contribution in [0.25, 0.3) is 0 Å². The van der Waals surface area contributed by atoms with Crippen LogP contribution in [0.1, 0.15) is 18.5 Å². The van der Waals surface area contributed by atoms with Crippen LogP contribution < -0.4 is 5.32 Å². The van der Waals surface area contributed by atoms with Gasteiger partial charge < -0.3 is 15.2 Å². The average Bonchev–Trinajstić information content (AvgIpc) is 2.27. The molecule has 0 aliphatic carbocycles. The maximum Gasteiger partial charge on any atom is 0.124 e. The number of hydrogen-bond donors (Lipinski definition) is 2. The average molecular weight is 318 g/mol. The lowest BCUT2D eigenvalue weighted by Gasteiger charge is -2.40. The van der Waals surface area contributed by atoms with E-state index in [2.05, 4.69) is 21.2 Å². The molecule has 0 radical (unpaired) electrons. The lowest BCUT2D eigenvalue weighted by molar-refractivity contribution is -0.135. The monoisotopic (exact) mass is 317 g/mol. The number of hydrogen-bond acceptors (Lipinski definition) is 3. The lowest BCUT2D eigenvalue weighted by Crippen LogP contribution is -2.52. The highest BCUT2D eigenvalue weighted by atomic mass is 79.9. The van der Waals surface area contributed by atoms with Gasteiger partial charge in [-0.3, -0.25) is 0 Å². The molecule has 1 unspecified atom stereocenters. The van der Waals surface area contributed by atoms with Crippen molar-refractivity contribution in [1.29, 1.82) is 0 Å². The molecule has 0 bridgehead atoms. The van der Waals surface area contributed by atoms with E-state index in [9.17, 15) is 9.50 Å². The van der Waals surface area contributed by atoms with E-state index in [1.54, 1.807) is 6.07 Å². The van der Waals surface area contributed by atoms with Gasteiger partial charge in [0.05, 0.1) is 25.2 Å². The summed E-state index contributed by atoms with van der Waals surface area (Å²) in [5.41, 5.74) is 0.852. The zero-order valence-electron chi connectivity index (χ0n) is 10.2. The Kier molecular flexibility index (Phi) is 4.37. The smallest absolute Gasteiger partial charge is 0.124 e. The summed E-state index contributed by atoms with van der Waals surface area (Å²) >= 11 is 3.36. The van der Waals surface area contributed by atoms with Gasteiger partial charge in [-0.1, -0.05) is 22.0 Å². The number of aliphatic hydroxyl groups is 1. The van der Waals surface area contributed by atoms with Crippen molar-refractivity contribution < 1.29 is 14.2 Å². The first kappa shape index (κ1) is 13.9. The predicted molar refractivity (Wildman–Crippen MR) is 70.9 cm³/mol. The fraction of sp³-hybridized carbons (Fsp3) is 0.538. The van der Waals surface area contributed by atoms with Gasteiger partial charge in [0.2, 0.25) is 0 Å². The molecule has 1 aromatic carbocycles. The summed E-state index contributed by atoms with van der Waals surface area (Å²) in [5, 5.41) is 12.7. The maximum atomic E-state index is 13.0. The van der Waals surface area contributed by atoms with Crippen molar-refractivity contribution >= 4 is 15.9 Å². The Labute approximate surface area is 114 Å². The van der Waals surface area contributed by atoms with Crippen LogP contribution in [0.2, 0.25) is 0 Å². The standard InChI is InChI=1S/C13H17BrFNO2/c1-9(11-3-2-10(15)4-12(11)14)16-5-13(6-17)7-18-8-13/h2-4,9,16-17H,5-8H2,1H3. The molecule has 2 N–H and O–H groups in total. The van der Waals surface area contributed by atoms with Gasteiger partial charge in [0.25, 0.3) is 0 Å². The van der Waals surface area contributed by atoms with Gasteiger partial charge >= 0.3 is 0 Å². The van der Waals surface area contributed by atoms with Crippen molar-refractivity contribution in [3.63, 3.8) is 0 Å². The van der Waals surface area contributed by atoms with E-state index in [0.29, 0.717) is 19.8 Å². The quantitative estimate of drug-likeness (QED) is 0.875. The molecule has 5 heteroatoms. The van der Waals surface area contributed by atoms with Crippen molar-refractivity contribution in [3.8, 4) is 0 Å². The van der Waals surface area contributed by atoms with Crippen LogP contribution in [-0.4, -0.2) is 31.5 Å². The Hall–Kier alpha value is -0.490. The van der Waals surface area contributed by atoms with E-state index in [4.69, 9.17) is 4.74 Å². The molecule has 100 valence electrons. The summed E-state index contributed by atoms with van der Waals surface area (Å²) in [6.07, 6.45) is 0. The molecule has 1 heterocycles. The van der Waals surface area contributed by atoms with Crippen LogP contribution >= 0.6 is 15.9 Å². The summed E-state index contributed by atoms with van der Waals surface area (Å²) in [5.74, 6) is -0.253. The van der Waals surface area contributed by atoms with Crippen LogP contribution in [0.3, 0.4) is 0 Å². The minimum Gasteiger partial charge on any atom is -0.396 e. The first-order chi connectivity index (χ1) is 8.56. The van der Waals surface area contributed by atoms with Crippen molar-refractivity contribution in [2.45, 2.75) is 13.0 Å². The highest BCUT2D eigenvalue weighted by Crippen LogP contribution is 2.28. The van der Waals surface area contributed by atoms with Crippen molar-refractivity contribution in [3.05, 3.63) is 34.1 Å². The second-order valence-electron chi connectivity index (χ2n) is 4.92. The maximum absolute atomic E-state index is 13.0. The summed E-state index contributed by atoms with van der Waals surface area (Å²) in [6.45, 7) is 4.01. The molecule has 0 aromatic heterocycles. The Balaban J connectivity index is 1.97. The molecule has 0 amide bonds. The van der Waals surface area contributed by atoms with E-state index in [1.165, 1.54) is 12.1 Å². The van der Waals surface area contributed by atoms with Gasteiger partial charge in [-0.15, -0.1) is 0 Å². The number of rotatable bonds is 5. The SMILES string of the molecule is CC(NCC1(CO)COC1)c1ccc(F)cc1Br. The molecule has 1 fully saturated rings. The molecule has 0 saturated carbocycles. The third-order valence-electron chi connectivity index (χ3n) is 3.36. The van der Waals surface area contributed by atoms with Crippen molar-refractivity contribution in [1.82, 2.24) is 5.32 Å². The van der Waals surface area contributed by atoms with Gasteiger partial charge in [0.15, 0.2) is 0 Å². The van der Waals surface area contributed by atoms with Crippen LogP contribution in [-0.2, 0) is 4.74 Å². The third-order valence-corrected chi connectivity index (χ3v) is 4.05. The first-order valence-corrected chi connectivity index (χ1v) is 6.73. The van der Waals surface area contributed by atoms with Crippen LogP contribution in [0.15, 0.2) is 22.7 Å². The van der Waals surface area contributed by atoms with Crippen LogP contribution in [0, 0.1) is 11.2 Å². The molecule has 1 aliphatic heterocycles. The van der Waals surface area contributed by atoms with Gasteiger partial charge in [-0.05, 0) is 24.6 Å². The molecule has 0 spiro atoms. The second kappa shape index (κ2) is 5.65. The second-order valence-corrected chi connectivity index (χ2v) is 5.77. The molecule has 2 rings (SSSR count). The number of ether oxygens (including phenoxy) is 1. The van der Waals surface area contributed by atoms with Gasteiger partial charge in [0, 0.05) is 17.1 Å². The number of nitrogens with one attached hydrogen (secondary N) is 1. The number of benzene rings is 1. The highest BCUT2D eigenvalue weighted by Gasteiger charge is 2.38. The van der Waals surface area contributed by atoms with Gasteiger partial charge in [-0.25, -0.2) is 4.39 Å². The zero-order chi connectivity index (χ0) is 13.2. The third kappa shape index (κ3) is 2.91. The Bertz CT molecular complexity index is 418. The van der Waals surface area contributed by atoms with E-state index in [1.807, 2.05) is 6.92 Å². The van der Waals surface area contributed by atoms with E-state index in [0.717, 1.165) is 10.0 Å². The first-order valence-electron chi connectivity index (χ1n) is 5.93. The summed E-state index contributed by atoms with van der Waals surface area (Å²) in [6, 6.07) is 4.76. The lowest BCUT2D eigenvalue weighted by atomic mass is 9.86. The molecule has 1 aromatic rings. The molecular weight excluding hydrogens is 301 g/mol. The fourth-order valence-electron chi connectivity index (χ4n) is 1.97. The summed E-state index contributed by atoms with van der Waals surface area (Å²) in [7, 11) is 0. The predicted octanol–water partition coefficient (Wildman–Crippen LogP) is 2.25. The summed E-state index contributed by atoms with van der Waals surface area (Å²) < 4.78 is 18.9. The van der Waals surface area contributed by atoms with Crippen molar-refractivity contribution in [2.24, 2.45) is 5.41 Å². The minimum atomic E-state index is -0.253. The summed E-state index contributed by atoms with van der Waals surface area (Å²) in [4.78, 5) is 0. The van der Waals surface area contributed by atoms with Crippen LogP contribution in [0.4, 0.5) is 4.39 Å². The highest BCUT2D eigenvalue weighted by molar-refractivity contribution is 9.10. The van der Waals surface area contributed by atoms with E-state index in [-0.39, 0.29) is 23.9 Å². The molecule has 1 aliphatic rings. The minimum absolute atomic E-state index is 0.0870. The molecule has 1 atom stereocenters. The molecule has 18 heavy (non-hydrogen) atoms. The van der Waals surface area contributed by atoms with Crippen molar-refractivity contribution in [2.75, 3.05) is 26.4 Å². The fourth-order valence-corrected chi connectivity index (χ4v) is 2.67. The Morgan fingerprint density at radius 1 is 1.56 bits per heavy atom. The Morgan fingerprint density at radius 3 is 2.78 bits per heavy atom. The largest absolute Gasteiger partial charge is 0.396 e. The van der Waals surface area contributed by atoms with Crippen LogP contribution in [0.5, 0.6) is 0 Å². The topological polar surface area (TPSA) is 41.5 Å².